The van der Waals surface area contributed by atoms with Gasteiger partial charge in [-0.15, -0.1) is 0 Å². The molecule has 21 heavy (non-hydrogen) atoms. The Morgan fingerprint density at radius 1 is 1.14 bits per heavy atom. The van der Waals surface area contributed by atoms with Crippen molar-refractivity contribution in [2.24, 2.45) is 5.92 Å². The first-order chi connectivity index (χ1) is 9.76. The van der Waals surface area contributed by atoms with Crippen LogP contribution in [0.5, 0.6) is 0 Å². The van der Waals surface area contributed by atoms with Gasteiger partial charge in [0.05, 0.1) is 0 Å². The van der Waals surface area contributed by atoms with E-state index < -0.39 is 0 Å². The van der Waals surface area contributed by atoms with Gasteiger partial charge >= 0.3 is 0 Å². The minimum absolute atomic E-state index is 0.115. The lowest BCUT2D eigenvalue weighted by molar-refractivity contribution is 0.423. The van der Waals surface area contributed by atoms with Crippen LogP contribution in [0.3, 0.4) is 0 Å². The molecule has 0 bridgehead atoms. The highest BCUT2D eigenvalue weighted by molar-refractivity contribution is 5.49. The van der Waals surface area contributed by atoms with Crippen molar-refractivity contribution in [1.29, 1.82) is 0 Å². The second kappa shape index (κ2) is 7.79. The van der Waals surface area contributed by atoms with Gasteiger partial charge < -0.3 is 10.6 Å². The molecule has 1 aromatic heterocycles. The smallest absolute Gasteiger partial charge is 0.131 e. The maximum Gasteiger partial charge on any atom is 0.131 e. The van der Waals surface area contributed by atoms with Crippen molar-refractivity contribution >= 4 is 5.82 Å². The highest BCUT2D eigenvalue weighted by Gasteiger charge is 2.14. The molecule has 1 rings (SSSR count). The van der Waals surface area contributed by atoms with Crippen LogP contribution in [0.15, 0.2) is 6.07 Å². The Morgan fingerprint density at radius 2 is 1.76 bits per heavy atom. The molecule has 0 atom stereocenters. The van der Waals surface area contributed by atoms with Crippen molar-refractivity contribution in [3.63, 3.8) is 0 Å². The van der Waals surface area contributed by atoms with Gasteiger partial charge in [0.25, 0.3) is 0 Å². The molecule has 0 spiro atoms. The molecule has 0 aliphatic rings. The molecule has 3 heteroatoms. The summed E-state index contributed by atoms with van der Waals surface area (Å²) in [4.78, 5) is 4.72. The molecular weight excluding hydrogens is 258 g/mol. The number of aryl methyl sites for hydroxylation is 2. The second-order valence-corrected chi connectivity index (χ2v) is 7.07. The standard InChI is InChI=1S/C18H33N3/c1-8-15(9-2)11-19-17-16(12-20-18(5,6)7)13(3)10-14(4)21-17/h10,15,20H,8-9,11-12H2,1-7H3,(H,19,21). The van der Waals surface area contributed by atoms with E-state index in [1.165, 1.54) is 24.0 Å². The van der Waals surface area contributed by atoms with Crippen LogP contribution in [0.2, 0.25) is 0 Å². The van der Waals surface area contributed by atoms with Crippen LogP contribution in [0.1, 0.15) is 64.3 Å². The summed E-state index contributed by atoms with van der Waals surface area (Å²) in [6.45, 7) is 17.2. The Morgan fingerprint density at radius 3 is 2.29 bits per heavy atom. The lowest BCUT2D eigenvalue weighted by Crippen LogP contribution is -2.35. The van der Waals surface area contributed by atoms with Crippen LogP contribution in [-0.2, 0) is 6.54 Å². The first-order valence-electron chi connectivity index (χ1n) is 8.22. The third kappa shape index (κ3) is 6.04. The average Bonchev–Trinajstić information content (AvgIpc) is 2.37. The third-order valence-corrected chi connectivity index (χ3v) is 3.98. The van der Waals surface area contributed by atoms with Crippen LogP contribution in [0, 0.1) is 19.8 Å². The minimum Gasteiger partial charge on any atom is -0.370 e. The van der Waals surface area contributed by atoms with Gasteiger partial charge in [-0.3, -0.25) is 0 Å². The average molecular weight is 291 g/mol. The van der Waals surface area contributed by atoms with E-state index in [0.29, 0.717) is 0 Å². The number of hydrogen-bond donors (Lipinski definition) is 2. The molecule has 0 saturated carbocycles. The number of pyridine rings is 1. The third-order valence-electron chi connectivity index (χ3n) is 3.98. The van der Waals surface area contributed by atoms with E-state index in [0.717, 1.165) is 30.5 Å². The van der Waals surface area contributed by atoms with E-state index >= 15 is 0 Å². The Labute approximate surface area is 130 Å². The molecule has 1 aromatic rings. The number of nitrogens with one attached hydrogen (secondary N) is 2. The molecule has 120 valence electrons. The highest BCUT2D eigenvalue weighted by Crippen LogP contribution is 2.20. The fraction of sp³-hybridized carbons (Fsp3) is 0.722. The van der Waals surface area contributed by atoms with Gasteiger partial charge in [0.1, 0.15) is 5.82 Å². The normalized spacial score (nSPS) is 12.0. The quantitative estimate of drug-likeness (QED) is 0.780. The van der Waals surface area contributed by atoms with Gasteiger partial charge in [-0.2, -0.15) is 0 Å². The number of hydrogen-bond acceptors (Lipinski definition) is 3. The molecular formula is C18H33N3. The number of aromatic nitrogens is 1. The number of rotatable bonds is 7. The SMILES string of the molecule is CCC(CC)CNc1nc(C)cc(C)c1CNC(C)(C)C. The van der Waals surface area contributed by atoms with Crippen LogP contribution in [-0.4, -0.2) is 17.1 Å². The first-order valence-corrected chi connectivity index (χ1v) is 8.22. The maximum atomic E-state index is 4.72. The molecule has 2 N–H and O–H groups in total. The number of anilines is 1. The molecule has 0 aromatic carbocycles. The minimum atomic E-state index is 0.115. The summed E-state index contributed by atoms with van der Waals surface area (Å²) in [6.07, 6.45) is 2.42. The van der Waals surface area contributed by atoms with E-state index in [1.54, 1.807) is 0 Å². The summed E-state index contributed by atoms with van der Waals surface area (Å²) in [5.41, 5.74) is 3.80. The van der Waals surface area contributed by atoms with Gasteiger partial charge in [-0.05, 0) is 52.2 Å². The van der Waals surface area contributed by atoms with Crippen molar-refractivity contribution in [2.45, 2.75) is 73.4 Å². The maximum absolute atomic E-state index is 4.72. The van der Waals surface area contributed by atoms with Crippen molar-refractivity contribution in [2.75, 3.05) is 11.9 Å². The van der Waals surface area contributed by atoms with Crippen LogP contribution < -0.4 is 10.6 Å². The zero-order chi connectivity index (χ0) is 16.0. The highest BCUT2D eigenvalue weighted by atomic mass is 15.0. The first kappa shape index (κ1) is 18.0. The summed E-state index contributed by atoms with van der Waals surface area (Å²) in [5.74, 6) is 1.77. The number of nitrogens with zero attached hydrogens (tertiary/aromatic N) is 1. The predicted molar refractivity (Wildman–Crippen MR) is 92.9 cm³/mol. The van der Waals surface area contributed by atoms with E-state index in [-0.39, 0.29) is 5.54 Å². The Balaban J connectivity index is 2.89. The van der Waals surface area contributed by atoms with Gasteiger partial charge in [0.2, 0.25) is 0 Å². The Hall–Kier alpha value is -1.09. The Bertz CT molecular complexity index is 443. The van der Waals surface area contributed by atoms with E-state index in [1.807, 2.05) is 0 Å². The second-order valence-electron chi connectivity index (χ2n) is 7.07. The molecule has 0 radical (unpaired) electrons. The van der Waals surface area contributed by atoms with Crippen molar-refractivity contribution in [3.05, 3.63) is 22.9 Å². The molecule has 0 amide bonds. The lowest BCUT2D eigenvalue weighted by Gasteiger charge is -2.23. The summed E-state index contributed by atoms with van der Waals surface area (Å²) < 4.78 is 0. The van der Waals surface area contributed by atoms with E-state index in [4.69, 9.17) is 4.98 Å². The van der Waals surface area contributed by atoms with Crippen molar-refractivity contribution in [3.8, 4) is 0 Å². The van der Waals surface area contributed by atoms with E-state index in [9.17, 15) is 0 Å². The van der Waals surface area contributed by atoms with Crippen molar-refractivity contribution < 1.29 is 0 Å². The fourth-order valence-corrected chi connectivity index (χ4v) is 2.40. The largest absolute Gasteiger partial charge is 0.370 e. The summed E-state index contributed by atoms with van der Waals surface area (Å²) >= 11 is 0. The molecule has 0 unspecified atom stereocenters. The fourth-order valence-electron chi connectivity index (χ4n) is 2.40. The summed E-state index contributed by atoms with van der Waals surface area (Å²) in [7, 11) is 0. The molecule has 0 saturated heterocycles. The van der Waals surface area contributed by atoms with Gasteiger partial charge in [0.15, 0.2) is 0 Å². The van der Waals surface area contributed by atoms with Crippen LogP contribution in [0.4, 0.5) is 5.82 Å². The molecule has 0 fully saturated rings. The van der Waals surface area contributed by atoms with Crippen LogP contribution >= 0.6 is 0 Å². The zero-order valence-corrected chi connectivity index (χ0v) is 14.9. The lowest BCUT2D eigenvalue weighted by atomic mass is 10.0. The Kier molecular flexibility index (Phi) is 6.66. The summed E-state index contributed by atoms with van der Waals surface area (Å²) in [6, 6.07) is 2.17. The predicted octanol–water partition coefficient (Wildman–Crippen LogP) is 4.43. The van der Waals surface area contributed by atoms with Crippen molar-refractivity contribution in [1.82, 2.24) is 10.3 Å². The molecule has 0 aliphatic heterocycles. The monoisotopic (exact) mass is 291 g/mol. The molecule has 3 nitrogen and oxygen atoms in total. The van der Waals surface area contributed by atoms with Crippen LogP contribution in [0.25, 0.3) is 0 Å². The molecule has 0 aliphatic carbocycles. The van der Waals surface area contributed by atoms with Gasteiger partial charge in [-0.25, -0.2) is 4.98 Å². The zero-order valence-electron chi connectivity index (χ0n) is 14.9. The van der Waals surface area contributed by atoms with E-state index in [2.05, 4.69) is 65.2 Å². The van der Waals surface area contributed by atoms with Gasteiger partial charge in [-0.1, -0.05) is 26.7 Å². The summed E-state index contributed by atoms with van der Waals surface area (Å²) in [5, 5.41) is 7.16. The van der Waals surface area contributed by atoms with Gasteiger partial charge in [0, 0.05) is 29.9 Å². The molecule has 1 heterocycles. The topological polar surface area (TPSA) is 37.0 Å².